The van der Waals surface area contributed by atoms with Gasteiger partial charge in [0.2, 0.25) is 0 Å². The van der Waals surface area contributed by atoms with Gasteiger partial charge in [0.15, 0.2) is 0 Å². The molecule has 0 fully saturated rings. The maximum absolute atomic E-state index is 11.0. The minimum Gasteiger partial charge on any atom is -0.428 e. The van der Waals surface area contributed by atoms with E-state index in [0.29, 0.717) is 11.3 Å². The number of rotatable bonds is 3. The van der Waals surface area contributed by atoms with E-state index in [9.17, 15) is 4.79 Å². The van der Waals surface area contributed by atoms with Crippen molar-refractivity contribution in [1.82, 2.24) is 0 Å². The number of allylic oxidation sites excluding steroid dienone is 2. The molecule has 1 aliphatic heterocycles. The van der Waals surface area contributed by atoms with Crippen molar-refractivity contribution < 1.29 is 9.53 Å². The molecule has 2 heteroatoms. The fourth-order valence-electron chi connectivity index (χ4n) is 1.12. The van der Waals surface area contributed by atoms with Crippen molar-refractivity contribution in [3.8, 4) is 0 Å². The molecule has 0 aromatic carbocycles. The highest BCUT2D eigenvalue weighted by molar-refractivity contribution is 5.94. The molecule has 0 amide bonds. The van der Waals surface area contributed by atoms with Crippen molar-refractivity contribution in [3.05, 3.63) is 23.5 Å². The van der Waals surface area contributed by atoms with Gasteiger partial charge in [0, 0.05) is 0 Å². The smallest absolute Gasteiger partial charge is 0.342 e. The molecule has 0 saturated carbocycles. The van der Waals surface area contributed by atoms with Crippen LogP contribution in [0.5, 0.6) is 0 Å². The molecule has 0 aromatic rings. The maximum Gasteiger partial charge on any atom is 0.342 e. The van der Waals surface area contributed by atoms with E-state index >= 15 is 0 Å². The van der Waals surface area contributed by atoms with Gasteiger partial charge in [0.05, 0.1) is 5.57 Å². The Hall–Kier alpha value is -1.05. The zero-order chi connectivity index (χ0) is 8.97. The summed E-state index contributed by atoms with van der Waals surface area (Å²) in [7, 11) is 0. The summed E-state index contributed by atoms with van der Waals surface area (Å²) >= 11 is 0. The quantitative estimate of drug-likeness (QED) is 0.366. The number of cyclic esters (lactones) is 1. The number of carbonyl (C=O) groups is 1. The van der Waals surface area contributed by atoms with Crippen LogP contribution in [0.3, 0.4) is 0 Å². The molecule has 66 valence electrons. The second-order valence-electron chi connectivity index (χ2n) is 2.95. The lowest BCUT2D eigenvalue weighted by atomic mass is 10.2. The molecule has 12 heavy (non-hydrogen) atoms. The first-order valence-electron chi connectivity index (χ1n) is 4.34. The maximum atomic E-state index is 11.0. The van der Waals surface area contributed by atoms with E-state index in [4.69, 9.17) is 4.74 Å². The Balaban J connectivity index is 2.51. The Bertz CT molecular complexity index is 236. The molecule has 0 spiro atoms. The van der Waals surface area contributed by atoms with Crippen LogP contribution in [0.2, 0.25) is 0 Å². The molecule has 0 saturated heterocycles. The summed E-state index contributed by atoms with van der Waals surface area (Å²) in [4.78, 5) is 11.0. The van der Waals surface area contributed by atoms with Crippen LogP contribution in [0.15, 0.2) is 23.5 Å². The molecular weight excluding hydrogens is 152 g/mol. The molecule has 1 aliphatic rings. The van der Waals surface area contributed by atoms with E-state index in [1.165, 1.54) is 0 Å². The summed E-state index contributed by atoms with van der Waals surface area (Å²) in [6, 6.07) is 0. The highest BCUT2D eigenvalue weighted by Crippen LogP contribution is 2.16. The molecule has 0 bridgehead atoms. The second kappa shape index (κ2) is 4.10. The van der Waals surface area contributed by atoms with Crippen LogP contribution in [0.25, 0.3) is 0 Å². The monoisotopic (exact) mass is 166 g/mol. The van der Waals surface area contributed by atoms with Gasteiger partial charge < -0.3 is 4.74 Å². The van der Waals surface area contributed by atoms with Gasteiger partial charge in [-0.15, -0.1) is 0 Å². The van der Waals surface area contributed by atoms with Crippen molar-refractivity contribution in [3.63, 3.8) is 0 Å². The van der Waals surface area contributed by atoms with Gasteiger partial charge >= 0.3 is 5.97 Å². The van der Waals surface area contributed by atoms with E-state index in [-0.39, 0.29) is 5.97 Å². The first kappa shape index (κ1) is 9.04. The first-order valence-corrected chi connectivity index (χ1v) is 4.34. The second-order valence-corrected chi connectivity index (χ2v) is 2.95. The third kappa shape index (κ3) is 2.22. The molecule has 0 N–H and O–H groups in total. The number of hydrogen-bond acceptors (Lipinski definition) is 2. The summed E-state index contributed by atoms with van der Waals surface area (Å²) in [5.41, 5.74) is 0.709. The summed E-state index contributed by atoms with van der Waals surface area (Å²) in [6.07, 6.45) is 6.98. The third-order valence-corrected chi connectivity index (χ3v) is 1.77. The standard InChI is InChI=1S/C10H14O2/c1-3-4-5-6-9-7-8(2)12-10(9)11/h6-7H,3-5H2,1-2H3. The zero-order valence-electron chi connectivity index (χ0n) is 7.59. The molecule has 0 aromatic heterocycles. The molecule has 0 aliphatic carbocycles. The van der Waals surface area contributed by atoms with Gasteiger partial charge in [-0.2, -0.15) is 0 Å². The summed E-state index contributed by atoms with van der Waals surface area (Å²) in [6.45, 7) is 3.92. The number of hydrogen-bond donors (Lipinski definition) is 0. The average molecular weight is 166 g/mol. The van der Waals surface area contributed by atoms with Crippen LogP contribution >= 0.6 is 0 Å². The van der Waals surface area contributed by atoms with Gasteiger partial charge in [0.25, 0.3) is 0 Å². The summed E-state index contributed by atoms with van der Waals surface area (Å²) < 4.78 is 4.86. The van der Waals surface area contributed by atoms with Crippen molar-refractivity contribution in [2.75, 3.05) is 0 Å². The van der Waals surface area contributed by atoms with Crippen LogP contribution in [0, 0.1) is 0 Å². The Morgan fingerprint density at radius 3 is 2.83 bits per heavy atom. The molecule has 1 rings (SSSR count). The predicted octanol–water partition coefficient (Wildman–Crippen LogP) is 2.56. The third-order valence-electron chi connectivity index (χ3n) is 1.77. The van der Waals surface area contributed by atoms with Gasteiger partial charge in [-0.25, -0.2) is 4.79 Å². The number of unbranched alkanes of at least 4 members (excludes halogenated alkanes) is 2. The Labute approximate surface area is 72.9 Å². The highest BCUT2D eigenvalue weighted by atomic mass is 16.5. The first-order chi connectivity index (χ1) is 5.74. The SMILES string of the molecule is CCCCC=C1C=C(C)OC1=O. The fourth-order valence-corrected chi connectivity index (χ4v) is 1.12. The van der Waals surface area contributed by atoms with Crippen molar-refractivity contribution >= 4 is 5.97 Å². The van der Waals surface area contributed by atoms with Gasteiger partial charge in [-0.3, -0.25) is 0 Å². The van der Waals surface area contributed by atoms with E-state index in [1.54, 1.807) is 13.0 Å². The molecule has 1 heterocycles. The highest BCUT2D eigenvalue weighted by Gasteiger charge is 2.16. The van der Waals surface area contributed by atoms with Crippen LogP contribution in [0.4, 0.5) is 0 Å². The average Bonchev–Trinajstić information content (AvgIpc) is 2.31. The van der Waals surface area contributed by atoms with Crippen LogP contribution in [-0.4, -0.2) is 5.97 Å². The predicted molar refractivity (Wildman–Crippen MR) is 47.5 cm³/mol. The van der Waals surface area contributed by atoms with E-state index < -0.39 is 0 Å². The summed E-state index contributed by atoms with van der Waals surface area (Å²) in [5.74, 6) is 0.492. The lowest BCUT2D eigenvalue weighted by Crippen LogP contribution is -1.96. The summed E-state index contributed by atoms with van der Waals surface area (Å²) in [5, 5.41) is 0. The van der Waals surface area contributed by atoms with E-state index in [1.807, 2.05) is 6.08 Å². The molecule has 2 nitrogen and oxygen atoms in total. The Kier molecular flexibility index (Phi) is 3.09. The molecular formula is C10H14O2. The van der Waals surface area contributed by atoms with Crippen LogP contribution in [-0.2, 0) is 9.53 Å². The van der Waals surface area contributed by atoms with Crippen molar-refractivity contribution in [2.24, 2.45) is 0 Å². The number of esters is 1. The van der Waals surface area contributed by atoms with Crippen molar-refractivity contribution in [1.29, 1.82) is 0 Å². The number of ether oxygens (including phenoxy) is 1. The fraction of sp³-hybridized carbons (Fsp3) is 0.500. The molecule has 0 atom stereocenters. The van der Waals surface area contributed by atoms with Gasteiger partial charge in [-0.05, 0) is 19.4 Å². The lowest BCUT2D eigenvalue weighted by Gasteiger charge is -1.92. The van der Waals surface area contributed by atoms with Crippen LogP contribution < -0.4 is 0 Å². The van der Waals surface area contributed by atoms with Gasteiger partial charge in [0.1, 0.15) is 5.76 Å². The van der Waals surface area contributed by atoms with Crippen molar-refractivity contribution in [2.45, 2.75) is 33.1 Å². The largest absolute Gasteiger partial charge is 0.428 e. The van der Waals surface area contributed by atoms with Crippen LogP contribution in [0.1, 0.15) is 33.1 Å². The minimum atomic E-state index is -0.205. The molecule has 0 radical (unpaired) electrons. The topological polar surface area (TPSA) is 26.3 Å². The van der Waals surface area contributed by atoms with Gasteiger partial charge in [-0.1, -0.05) is 25.8 Å². The lowest BCUT2D eigenvalue weighted by molar-refractivity contribution is -0.133. The minimum absolute atomic E-state index is 0.205. The zero-order valence-corrected chi connectivity index (χ0v) is 7.59. The Morgan fingerprint density at radius 2 is 2.33 bits per heavy atom. The number of carbonyl (C=O) groups excluding carboxylic acids is 1. The molecule has 0 unspecified atom stereocenters. The van der Waals surface area contributed by atoms with E-state index in [0.717, 1.165) is 19.3 Å². The normalized spacial score (nSPS) is 19.7. The Morgan fingerprint density at radius 1 is 1.58 bits per heavy atom. The van der Waals surface area contributed by atoms with E-state index in [2.05, 4.69) is 6.92 Å².